The van der Waals surface area contributed by atoms with E-state index in [1.165, 1.54) is 4.57 Å². The minimum atomic E-state index is -0.227. The monoisotopic (exact) mass is 236 g/mol. The van der Waals surface area contributed by atoms with Gasteiger partial charge in [-0.05, 0) is 25.0 Å². The number of rotatable bonds is 5. The Balaban J connectivity index is 3.01. The van der Waals surface area contributed by atoms with E-state index in [1.54, 1.807) is 30.3 Å². The highest BCUT2D eigenvalue weighted by atomic mass is 16.2. The summed E-state index contributed by atoms with van der Waals surface area (Å²) in [6.45, 7) is 5.45. The van der Waals surface area contributed by atoms with Gasteiger partial charge in [-0.3, -0.25) is 9.59 Å². The first-order valence-corrected chi connectivity index (χ1v) is 6.06. The SMILES string of the molecule is CCCN(CCC)C(=O)c1cccn(C)c1=O. The summed E-state index contributed by atoms with van der Waals surface area (Å²) in [5, 5.41) is 0. The molecular formula is C13H20N2O2. The lowest BCUT2D eigenvalue weighted by molar-refractivity contribution is 0.0753. The second-order valence-corrected chi connectivity index (χ2v) is 4.13. The Labute approximate surface area is 102 Å². The molecule has 1 aromatic rings. The van der Waals surface area contributed by atoms with Gasteiger partial charge in [-0.2, -0.15) is 0 Å². The number of aromatic nitrogens is 1. The van der Waals surface area contributed by atoms with Gasteiger partial charge in [0, 0.05) is 26.3 Å². The van der Waals surface area contributed by atoms with Gasteiger partial charge in [-0.1, -0.05) is 13.8 Å². The molecule has 0 fully saturated rings. The van der Waals surface area contributed by atoms with Crippen LogP contribution in [0.1, 0.15) is 37.0 Å². The molecule has 0 saturated heterocycles. The third-order valence-corrected chi connectivity index (χ3v) is 2.63. The maximum absolute atomic E-state index is 12.2. The highest BCUT2D eigenvalue weighted by molar-refractivity contribution is 5.93. The van der Waals surface area contributed by atoms with Crippen LogP contribution < -0.4 is 5.56 Å². The molecule has 0 unspecified atom stereocenters. The van der Waals surface area contributed by atoms with Gasteiger partial charge in [-0.25, -0.2) is 0 Å². The van der Waals surface area contributed by atoms with Gasteiger partial charge < -0.3 is 9.47 Å². The second-order valence-electron chi connectivity index (χ2n) is 4.13. The summed E-state index contributed by atoms with van der Waals surface area (Å²) in [5.41, 5.74) is 0.0339. The molecule has 0 bridgehead atoms. The summed E-state index contributed by atoms with van der Waals surface area (Å²) in [6, 6.07) is 3.33. The van der Waals surface area contributed by atoms with Crippen LogP contribution in [-0.4, -0.2) is 28.5 Å². The summed E-state index contributed by atoms with van der Waals surface area (Å²) in [5.74, 6) is -0.157. The third-order valence-electron chi connectivity index (χ3n) is 2.63. The van der Waals surface area contributed by atoms with E-state index in [4.69, 9.17) is 0 Å². The van der Waals surface area contributed by atoms with Crippen molar-refractivity contribution in [2.45, 2.75) is 26.7 Å². The summed E-state index contributed by atoms with van der Waals surface area (Å²) < 4.78 is 1.43. The van der Waals surface area contributed by atoms with Crippen molar-refractivity contribution in [1.29, 1.82) is 0 Å². The number of carbonyl (C=O) groups is 1. The molecule has 0 saturated carbocycles. The molecule has 1 rings (SSSR count). The van der Waals surface area contributed by atoms with Gasteiger partial charge in [0.05, 0.1) is 0 Å². The van der Waals surface area contributed by atoms with Crippen molar-refractivity contribution < 1.29 is 4.79 Å². The zero-order valence-electron chi connectivity index (χ0n) is 10.8. The van der Waals surface area contributed by atoms with Crippen molar-refractivity contribution in [3.8, 4) is 0 Å². The van der Waals surface area contributed by atoms with E-state index in [0.717, 1.165) is 12.8 Å². The Kier molecular flexibility index (Phi) is 4.94. The summed E-state index contributed by atoms with van der Waals surface area (Å²) >= 11 is 0. The van der Waals surface area contributed by atoms with Crippen molar-refractivity contribution in [2.24, 2.45) is 7.05 Å². The minimum Gasteiger partial charge on any atom is -0.338 e. The lowest BCUT2D eigenvalue weighted by atomic mass is 10.2. The molecule has 0 aromatic carbocycles. The zero-order valence-corrected chi connectivity index (χ0v) is 10.8. The molecule has 4 nitrogen and oxygen atoms in total. The first-order chi connectivity index (χ1) is 8.11. The first-order valence-electron chi connectivity index (χ1n) is 6.06. The predicted molar refractivity (Wildman–Crippen MR) is 68.2 cm³/mol. The molecule has 0 spiro atoms. The fraction of sp³-hybridized carbons (Fsp3) is 0.538. The average molecular weight is 236 g/mol. The summed E-state index contributed by atoms with van der Waals surface area (Å²) in [7, 11) is 1.66. The van der Waals surface area contributed by atoms with Crippen molar-refractivity contribution in [2.75, 3.05) is 13.1 Å². The van der Waals surface area contributed by atoms with Crippen LogP contribution in [0.2, 0.25) is 0 Å². The quantitative estimate of drug-likeness (QED) is 0.780. The number of nitrogens with zero attached hydrogens (tertiary/aromatic N) is 2. The van der Waals surface area contributed by atoms with Crippen molar-refractivity contribution in [3.05, 3.63) is 34.2 Å². The molecular weight excluding hydrogens is 216 g/mol. The van der Waals surface area contributed by atoms with Gasteiger partial charge in [0.25, 0.3) is 11.5 Å². The molecule has 1 amide bonds. The Morgan fingerprint density at radius 1 is 1.29 bits per heavy atom. The van der Waals surface area contributed by atoms with E-state index >= 15 is 0 Å². The number of aryl methyl sites for hydroxylation is 1. The summed E-state index contributed by atoms with van der Waals surface area (Å²) in [4.78, 5) is 25.8. The van der Waals surface area contributed by atoms with Crippen LogP contribution in [0.4, 0.5) is 0 Å². The number of amides is 1. The van der Waals surface area contributed by atoms with Crippen LogP contribution in [0.3, 0.4) is 0 Å². The molecule has 94 valence electrons. The molecule has 1 aromatic heterocycles. The van der Waals surface area contributed by atoms with Crippen LogP contribution in [0, 0.1) is 0 Å². The largest absolute Gasteiger partial charge is 0.338 e. The molecule has 0 aliphatic rings. The Morgan fingerprint density at radius 2 is 1.88 bits per heavy atom. The molecule has 1 heterocycles. The molecule has 0 atom stereocenters. The molecule has 0 aliphatic carbocycles. The Bertz CT molecular complexity index is 431. The van der Waals surface area contributed by atoms with Crippen molar-refractivity contribution in [1.82, 2.24) is 9.47 Å². The lowest BCUT2D eigenvalue weighted by Gasteiger charge is -2.21. The van der Waals surface area contributed by atoms with Crippen LogP contribution in [0.15, 0.2) is 23.1 Å². The summed E-state index contributed by atoms with van der Waals surface area (Å²) in [6.07, 6.45) is 3.46. The second kappa shape index (κ2) is 6.23. The van der Waals surface area contributed by atoms with E-state index in [2.05, 4.69) is 0 Å². The molecule has 0 aliphatic heterocycles. The molecule has 0 N–H and O–H groups in total. The fourth-order valence-electron chi connectivity index (χ4n) is 1.79. The number of hydrogen-bond donors (Lipinski definition) is 0. The maximum Gasteiger partial charge on any atom is 0.263 e. The van der Waals surface area contributed by atoms with E-state index in [-0.39, 0.29) is 17.0 Å². The lowest BCUT2D eigenvalue weighted by Crippen LogP contribution is -2.37. The van der Waals surface area contributed by atoms with E-state index in [1.807, 2.05) is 13.8 Å². The van der Waals surface area contributed by atoms with Gasteiger partial charge in [0.1, 0.15) is 5.56 Å². The Morgan fingerprint density at radius 3 is 2.41 bits per heavy atom. The van der Waals surface area contributed by atoms with Crippen LogP contribution in [0.5, 0.6) is 0 Å². The molecule has 0 radical (unpaired) electrons. The topological polar surface area (TPSA) is 42.3 Å². The van der Waals surface area contributed by atoms with Gasteiger partial charge in [-0.15, -0.1) is 0 Å². The third kappa shape index (κ3) is 3.19. The smallest absolute Gasteiger partial charge is 0.263 e. The molecule has 4 heteroatoms. The van der Waals surface area contributed by atoms with E-state index in [0.29, 0.717) is 13.1 Å². The van der Waals surface area contributed by atoms with Gasteiger partial charge >= 0.3 is 0 Å². The number of carbonyl (C=O) groups excluding carboxylic acids is 1. The zero-order chi connectivity index (χ0) is 12.8. The van der Waals surface area contributed by atoms with Crippen molar-refractivity contribution >= 4 is 5.91 Å². The predicted octanol–water partition coefficient (Wildman–Crippen LogP) is 1.65. The average Bonchev–Trinajstić information content (AvgIpc) is 2.31. The number of hydrogen-bond acceptors (Lipinski definition) is 2. The van der Waals surface area contributed by atoms with Gasteiger partial charge in [0.2, 0.25) is 0 Å². The van der Waals surface area contributed by atoms with Crippen LogP contribution in [-0.2, 0) is 7.05 Å². The normalized spacial score (nSPS) is 10.3. The van der Waals surface area contributed by atoms with Gasteiger partial charge in [0.15, 0.2) is 0 Å². The fourth-order valence-corrected chi connectivity index (χ4v) is 1.79. The van der Waals surface area contributed by atoms with Crippen LogP contribution in [0.25, 0.3) is 0 Å². The molecule has 17 heavy (non-hydrogen) atoms. The van der Waals surface area contributed by atoms with Crippen LogP contribution >= 0.6 is 0 Å². The first kappa shape index (κ1) is 13.5. The van der Waals surface area contributed by atoms with E-state index in [9.17, 15) is 9.59 Å². The highest BCUT2D eigenvalue weighted by Crippen LogP contribution is 2.02. The Hall–Kier alpha value is -1.58. The standard InChI is InChI=1S/C13H20N2O2/c1-4-8-15(9-5-2)13(17)11-7-6-10-14(3)12(11)16/h6-7,10H,4-5,8-9H2,1-3H3. The minimum absolute atomic E-state index is 0.157. The van der Waals surface area contributed by atoms with Crippen molar-refractivity contribution in [3.63, 3.8) is 0 Å². The van der Waals surface area contributed by atoms with E-state index < -0.39 is 0 Å². The number of pyridine rings is 1. The maximum atomic E-state index is 12.2. The highest BCUT2D eigenvalue weighted by Gasteiger charge is 2.17.